The lowest BCUT2D eigenvalue weighted by Gasteiger charge is -2.30. The quantitative estimate of drug-likeness (QED) is 0.801. The Morgan fingerprint density at radius 3 is 2.55 bits per heavy atom. The summed E-state index contributed by atoms with van der Waals surface area (Å²) in [6.45, 7) is -1.35. The Morgan fingerprint density at radius 1 is 1.35 bits per heavy atom. The largest absolute Gasteiger partial charge is 0.406 e. The number of alkyl halides is 3. The van der Waals surface area contributed by atoms with Gasteiger partial charge in [0.25, 0.3) is 5.91 Å². The molecule has 0 bridgehead atoms. The molecule has 7 heteroatoms. The van der Waals surface area contributed by atoms with Gasteiger partial charge < -0.3 is 4.90 Å². The lowest BCUT2D eigenvalue weighted by atomic mass is 10.1. The summed E-state index contributed by atoms with van der Waals surface area (Å²) in [5, 5.41) is 0. The van der Waals surface area contributed by atoms with Gasteiger partial charge in [-0.15, -0.1) is 0 Å². The van der Waals surface area contributed by atoms with Crippen molar-refractivity contribution in [3.8, 4) is 0 Å². The third-order valence-corrected chi connectivity index (χ3v) is 3.38. The van der Waals surface area contributed by atoms with E-state index in [1.54, 1.807) is 0 Å². The second-order valence-corrected chi connectivity index (χ2v) is 4.84. The molecular weight excluding hydrogens is 276 g/mol. The highest BCUT2D eigenvalue weighted by Crippen LogP contribution is 2.28. The summed E-state index contributed by atoms with van der Waals surface area (Å²) < 4.78 is 51.4. The number of nitrogens with zero attached hydrogens (tertiary/aromatic N) is 2. The molecule has 0 aromatic carbocycles. The molecule has 1 heterocycles. The van der Waals surface area contributed by atoms with Gasteiger partial charge in [0.15, 0.2) is 5.82 Å². The molecule has 0 atom stereocenters. The Balaban J connectivity index is 2.26. The highest BCUT2D eigenvalue weighted by atomic mass is 19.4. The average Bonchev–Trinajstić information content (AvgIpc) is 2.88. The van der Waals surface area contributed by atoms with Gasteiger partial charge in [-0.25, -0.2) is 4.39 Å². The third kappa shape index (κ3) is 3.46. The van der Waals surface area contributed by atoms with Crippen LogP contribution in [0.2, 0.25) is 0 Å². The van der Waals surface area contributed by atoms with Crippen molar-refractivity contribution in [3.63, 3.8) is 0 Å². The summed E-state index contributed by atoms with van der Waals surface area (Å²) in [6.07, 6.45) is 0.130. The van der Waals surface area contributed by atoms with E-state index in [2.05, 4.69) is 4.98 Å². The van der Waals surface area contributed by atoms with Gasteiger partial charge in [-0.3, -0.25) is 9.78 Å². The highest BCUT2D eigenvalue weighted by molar-refractivity contribution is 5.94. The molecule has 0 unspecified atom stereocenters. The third-order valence-electron chi connectivity index (χ3n) is 3.38. The summed E-state index contributed by atoms with van der Waals surface area (Å²) >= 11 is 0. The van der Waals surface area contributed by atoms with Crippen LogP contribution in [0.1, 0.15) is 36.0 Å². The van der Waals surface area contributed by atoms with Crippen molar-refractivity contribution in [1.82, 2.24) is 9.88 Å². The number of halogens is 4. The number of carbonyl (C=O) groups is 1. The van der Waals surface area contributed by atoms with Crippen molar-refractivity contribution in [2.45, 2.75) is 37.9 Å². The van der Waals surface area contributed by atoms with Crippen molar-refractivity contribution in [2.75, 3.05) is 6.54 Å². The van der Waals surface area contributed by atoms with Crippen LogP contribution in [0.15, 0.2) is 18.5 Å². The predicted molar refractivity (Wildman–Crippen MR) is 63.5 cm³/mol. The lowest BCUT2D eigenvalue weighted by molar-refractivity contribution is -0.144. The van der Waals surface area contributed by atoms with Gasteiger partial charge in [0.1, 0.15) is 6.54 Å². The van der Waals surface area contributed by atoms with E-state index in [1.807, 2.05) is 0 Å². The summed E-state index contributed by atoms with van der Waals surface area (Å²) in [5.41, 5.74) is -0.365. The van der Waals surface area contributed by atoms with Crippen molar-refractivity contribution in [2.24, 2.45) is 0 Å². The molecule has 0 N–H and O–H groups in total. The van der Waals surface area contributed by atoms with E-state index in [4.69, 9.17) is 0 Å². The summed E-state index contributed by atoms with van der Waals surface area (Å²) in [4.78, 5) is 16.4. The number of aromatic nitrogens is 1. The van der Waals surface area contributed by atoms with Crippen LogP contribution < -0.4 is 0 Å². The normalized spacial score (nSPS) is 16.4. The van der Waals surface area contributed by atoms with Crippen LogP contribution in [0.3, 0.4) is 0 Å². The van der Waals surface area contributed by atoms with Gasteiger partial charge in [0, 0.05) is 12.2 Å². The maximum Gasteiger partial charge on any atom is 0.406 e. The van der Waals surface area contributed by atoms with Crippen LogP contribution in [-0.4, -0.2) is 34.6 Å². The second-order valence-electron chi connectivity index (χ2n) is 4.84. The Kier molecular flexibility index (Phi) is 4.25. The van der Waals surface area contributed by atoms with E-state index < -0.39 is 30.5 Å². The number of carbonyl (C=O) groups excluding carboxylic acids is 1. The molecule has 3 nitrogen and oxygen atoms in total. The van der Waals surface area contributed by atoms with E-state index in [1.165, 1.54) is 6.20 Å². The molecule has 1 fully saturated rings. The molecule has 2 rings (SSSR count). The molecule has 1 amide bonds. The Hall–Kier alpha value is -1.66. The Bertz CT molecular complexity index is 484. The highest BCUT2D eigenvalue weighted by Gasteiger charge is 2.38. The molecule has 0 spiro atoms. The van der Waals surface area contributed by atoms with Crippen molar-refractivity contribution < 1.29 is 22.4 Å². The first-order valence-electron chi connectivity index (χ1n) is 6.36. The predicted octanol–water partition coefficient (Wildman–Crippen LogP) is 3.17. The van der Waals surface area contributed by atoms with E-state index in [0.29, 0.717) is 12.8 Å². The molecule has 0 radical (unpaired) electrons. The molecule has 0 aliphatic heterocycles. The van der Waals surface area contributed by atoms with Crippen molar-refractivity contribution in [3.05, 3.63) is 29.8 Å². The molecule has 110 valence electrons. The lowest BCUT2D eigenvalue weighted by Crippen LogP contribution is -2.45. The number of hydrogen-bond acceptors (Lipinski definition) is 2. The monoisotopic (exact) mass is 290 g/mol. The first-order chi connectivity index (χ1) is 9.38. The van der Waals surface area contributed by atoms with Crippen LogP contribution in [0.4, 0.5) is 17.6 Å². The van der Waals surface area contributed by atoms with Crippen LogP contribution in [-0.2, 0) is 0 Å². The van der Waals surface area contributed by atoms with Crippen LogP contribution in [0.25, 0.3) is 0 Å². The summed E-state index contributed by atoms with van der Waals surface area (Å²) in [5.74, 6) is -1.82. The van der Waals surface area contributed by atoms with Gasteiger partial charge in [-0.05, 0) is 18.9 Å². The Morgan fingerprint density at radius 2 is 2.00 bits per heavy atom. The minimum atomic E-state index is -4.50. The zero-order valence-electron chi connectivity index (χ0n) is 10.7. The fourth-order valence-corrected chi connectivity index (χ4v) is 2.48. The van der Waals surface area contributed by atoms with E-state index >= 15 is 0 Å². The Labute approximate surface area is 113 Å². The van der Waals surface area contributed by atoms with Gasteiger partial charge in [0.05, 0.1) is 11.8 Å². The van der Waals surface area contributed by atoms with Crippen LogP contribution in [0, 0.1) is 5.82 Å². The maximum absolute atomic E-state index is 13.5. The zero-order chi connectivity index (χ0) is 14.8. The first kappa shape index (κ1) is 14.7. The molecule has 1 aromatic rings. The second kappa shape index (κ2) is 5.76. The molecule has 1 aliphatic rings. The van der Waals surface area contributed by atoms with Gasteiger partial charge in [-0.2, -0.15) is 13.2 Å². The molecule has 1 saturated carbocycles. The SMILES string of the molecule is O=C(c1ccncc1F)N(CC(F)(F)F)C1CCCC1. The van der Waals surface area contributed by atoms with E-state index in [-0.39, 0.29) is 5.56 Å². The standard InChI is InChI=1S/C13H14F4N2O/c14-11-7-18-6-5-10(11)12(20)19(8-13(15,16)17)9-3-1-2-4-9/h5-7,9H,1-4,8H2. The summed E-state index contributed by atoms with van der Waals surface area (Å²) in [6, 6.07) is 0.632. The minimum absolute atomic E-state index is 0.365. The fraction of sp³-hybridized carbons (Fsp3) is 0.538. The number of amides is 1. The summed E-state index contributed by atoms with van der Waals surface area (Å²) in [7, 11) is 0. The van der Waals surface area contributed by atoms with Crippen LogP contribution in [0.5, 0.6) is 0 Å². The van der Waals surface area contributed by atoms with Gasteiger partial charge in [0.2, 0.25) is 0 Å². The van der Waals surface area contributed by atoms with E-state index in [9.17, 15) is 22.4 Å². The van der Waals surface area contributed by atoms with Crippen molar-refractivity contribution in [1.29, 1.82) is 0 Å². The number of pyridine rings is 1. The number of rotatable bonds is 3. The molecular formula is C13H14F4N2O. The van der Waals surface area contributed by atoms with E-state index in [0.717, 1.165) is 30.0 Å². The van der Waals surface area contributed by atoms with Gasteiger partial charge >= 0.3 is 6.18 Å². The van der Waals surface area contributed by atoms with Crippen molar-refractivity contribution >= 4 is 5.91 Å². The smallest absolute Gasteiger partial charge is 0.326 e. The van der Waals surface area contributed by atoms with Gasteiger partial charge in [-0.1, -0.05) is 12.8 Å². The molecule has 0 saturated heterocycles. The fourth-order valence-electron chi connectivity index (χ4n) is 2.48. The topological polar surface area (TPSA) is 33.2 Å². The first-order valence-corrected chi connectivity index (χ1v) is 6.36. The molecule has 1 aromatic heterocycles. The zero-order valence-corrected chi connectivity index (χ0v) is 10.7. The van der Waals surface area contributed by atoms with Crippen LogP contribution >= 0.6 is 0 Å². The minimum Gasteiger partial charge on any atom is -0.326 e. The molecule has 1 aliphatic carbocycles. The molecule has 20 heavy (non-hydrogen) atoms. The average molecular weight is 290 g/mol. The number of hydrogen-bond donors (Lipinski definition) is 0. The maximum atomic E-state index is 13.5.